The number of carboxylic acid groups (broad SMARTS) is 1. The summed E-state index contributed by atoms with van der Waals surface area (Å²) in [4.78, 5) is 21.6. The van der Waals surface area contributed by atoms with Crippen molar-refractivity contribution in [2.24, 2.45) is 5.41 Å². The van der Waals surface area contributed by atoms with Gasteiger partial charge in [-0.15, -0.1) is 0 Å². The molecule has 0 atom stereocenters. The fraction of sp³-hybridized carbons (Fsp3) is 0.750. The molecule has 0 aromatic rings. The van der Waals surface area contributed by atoms with Crippen LogP contribution in [0.5, 0.6) is 0 Å². The van der Waals surface area contributed by atoms with Crippen molar-refractivity contribution in [2.45, 2.75) is 20.8 Å². The van der Waals surface area contributed by atoms with Gasteiger partial charge in [0.1, 0.15) is 0 Å². The van der Waals surface area contributed by atoms with Gasteiger partial charge in [0.15, 0.2) is 0 Å². The van der Waals surface area contributed by atoms with Gasteiger partial charge in [-0.3, -0.25) is 4.79 Å². The van der Waals surface area contributed by atoms with E-state index in [0.717, 1.165) is 0 Å². The second-order valence-electron chi connectivity index (χ2n) is 3.84. The minimum atomic E-state index is -4.11. The van der Waals surface area contributed by atoms with Gasteiger partial charge in [-0.1, -0.05) is 0 Å². The van der Waals surface area contributed by atoms with Crippen LogP contribution in [0.1, 0.15) is 20.8 Å². The quantitative estimate of drug-likeness (QED) is 0.606. The molecule has 0 unspecified atom stereocenters. The molecule has 0 aromatic heterocycles. The Hall–Kier alpha value is -1.35. The molecule has 0 saturated carbocycles. The van der Waals surface area contributed by atoms with Gasteiger partial charge in [0.05, 0.1) is 12.0 Å². The van der Waals surface area contributed by atoms with Crippen LogP contribution >= 0.6 is 0 Å². The monoisotopic (exact) mass is 268 g/mol. The van der Waals surface area contributed by atoms with Crippen LogP contribution < -0.4 is 9.44 Å². The van der Waals surface area contributed by atoms with Crippen LogP contribution in [-0.4, -0.2) is 38.7 Å². The summed E-state index contributed by atoms with van der Waals surface area (Å²) in [7, 11) is -4.11. The zero-order chi connectivity index (χ0) is 13.7. The lowest BCUT2D eigenvalue weighted by atomic mass is 9.95. The lowest BCUT2D eigenvalue weighted by Crippen LogP contribution is -2.45. The van der Waals surface area contributed by atoms with Gasteiger partial charge in [0.2, 0.25) is 0 Å². The molecule has 0 bridgehead atoms. The highest BCUT2D eigenvalue weighted by atomic mass is 32.2. The van der Waals surface area contributed by atoms with E-state index >= 15 is 0 Å². The molecule has 1 amide bonds. The van der Waals surface area contributed by atoms with Crippen molar-refractivity contribution < 1.29 is 27.9 Å². The van der Waals surface area contributed by atoms with Gasteiger partial charge in [0.25, 0.3) is 0 Å². The number of amides is 1. The maximum absolute atomic E-state index is 11.3. The van der Waals surface area contributed by atoms with Crippen LogP contribution in [0.2, 0.25) is 0 Å². The molecule has 0 radical (unpaired) electrons. The van der Waals surface area contributed by atoms with Crippen LogP contribution in [0.15, 0.2) is 0 Å². The largest absolute Gasteiger partial charge is 0.481 e. The zero-order valence-corrected chi connectivity index (χ0v) is 10.6. The first-order chi connectivity index (χ1) is 7.60. The lowest BCUT2D eigenvalue weighted by molar-refractivity contribution is -0.146. The third kappa shape index (κ3) is 6.07. The van der Waals surface area contributed by atoms with E-state index in [2.05, 4.69) is 4.74 Å². The van der Waals surface area contributed by atoms with Crippen molar-refractivity contribution in [1.29, 1.82) is 0 Å². The van der Waals surface area contributed by atoms with Crippen molar-refractivity contribution in [3.8, 4) is 0 Å². The Bertz CT molecular complexity index is 389. The van der Waals surface area contributed by atoms with E-state index in [1.807, 2.05) is 4.72 Å². The molecule has 0 spiro atoms. The van der Waals surface area contributed by atoms with E-state index in [1.165, 1.54) is 20.8 Å². The second-order valence-corrected chi connectivity index (χ2v) is 5.34. The first-order valence-corrected chi connectivity index (χ1v) is 6.26. The van der Waals surface area contributed by atoms with Crippen molar-refractivity contribution in [3.63, 3.8) is 0 Å². The Kier molecular flexibility index (Phi) is 5.36. The van der Waals surface area contributed by atoms with Gasteiger partial charge in [-0.05, 0) is 20.8 Å². The average Bonchev–Trinajstić information content (AvgIpc) is 2.14. The van der Waals surface area contributed by atoms with E-state index in [4.69, 9.17) is 5.11 Å². The molecule has 0 saturated heterocycles. The van der Waals surface area contributed by atoms with Crippen LogP contribution in [0, 0.1) is 5.41 Å². The first-order valence-electron chi connectivity index (χ1n) is 4.78. The standard InChI is InChI=1S/C8H16N2O6S/c1-4-16-7(13)10-17(14,15)9-5-8(2,3)6(11)12/h9H,4-5H2,1-3H3,(H,10,13)(H,11,12). The lowest BCUT2D eigenvalue weighted by Gasteiger charge is -2.19. The van der Waals surface area contributed by atoms with Gasteiger partial charge < -0.3 is 9.84 Å². The Morgan fingerprint density at radius 3 is 2.29 bits per heavy atom. The number of aliphatic carboxylic acids is 1. The van der Waals surface area contributed by atoms with E-state index in [1.54, 1.807) is 4.72 Å². The molecule has 0 aromatic carbocycles. The molecule has 3 N–H and O–H groups in total. The number of hydrogen-bond donors (Lipinski definition) is 3. The smallest absolute Gasteiger partial charge is 0.421 e. The van der Waals surface area contributed by atoms with Crippen LogP contribution in [0.4, 0.5) is 4.79 Å². The summed E-state index contributed by atoms with van der Waals surface area (Å²) in [6, 6.07) is 0. The third-order valence-electron chi connectivity index (χ3n) is 1.78. The molecule has 0 fully saturated rings. The number of carbonyl (C=O) groups excluding carboxylic acids is 1. The number of hydrogen-bond acceptors (Lipinski definition) is 5. The molecule has 8 nitrogen and oxygen atoms in total. The summed E-state index contributed by atoms with van der Waals surface area (Å²) < 4.78 is 30.4. The van der Waals surface area contributed by atoms with Crippen LogP contribution in [0.25, 0.3) is 0 Å². The van der Waals surface area contributed by atoms with Crippen molar-refractivity contribution in [3.05, 3.63) is 0 Å². The molecule has 0 aliphatic heterocycles. The highest BCUT2D eigenvalue weighted by Crippen LogP contribution is 2.13. The Morgan fingerprint density at radius 2 is 1.88 bits per heavy atom. The topological polar surface area (TPSA) is 122 Å². The van der Waals surface area contributed by atoms with E-state index < -0.39 is 27.7 Å². The predicted octanol–water partition coefficient (Wildman–Crippen LogP) is -0.322. The SMILES string of the molecule is CCOC(=O)NS(=O)(=O)NCC(C)(C)C(=O)O. The van der Waals surface area contributed by atoms with E-state index in [-0.39, 0.29) is 13.2 Å². The van der Waals surface area contributed by atoms with E-state index in [9.17, 15) is 18.0 Å². The Morgan fingerprint density at radius 1 is 1.35 bits per heavy atom. The highest BCUT2D eigenvalue weighted by Gasteiger charge is 2.29. The molecule has 0 rings (SSSR count). The molecular formula is C8H16N2O6S. The maximum atomic E-state index is 11.3. The summed E-state index contributed by atoms with van der Waals surface area (Å²) >= 11 is 0. The average molecular weight is 268 g/mol. The zero-order valence-electron chi connectivity index (χ0n) is 9.81. The number of rotatable bonds is 6. The summed E-state index contributed by atoms with van der Waals surface area (Å²) in [6.07, 6.45) is -1.12. The fourth-order valence-corrected chi connectivity index (χ4v) is 1.56. The minimum Gasteiger partial charge on any atom is -0.481 e. The molecule has 100 valence electrons. The Labute approximate surface area is 99.5 Å². The Balaban J connectivity index is 4.38. The van der Waals surface area contributed by atoms with Gasteiger partial charge in [-0.2, -0.15) is 13.1 Å². The minimum absolute atomic E-state index is 0.0297. The van der Waals surface area contributed by atoms with Gasteiger partial charge in [0, 0.05) is 6.54 Å². The van der Waals surface area contributed by atoms with Crippen molar-refractivity contribution in [1.82, 2.24) is 9.44 Å². The van der Waals surface area contributed by atoms with E-state index in [0.29, 0.717) is 0 Å². The number of carbonyl (C=O) groups is 2. The molecule has 0 aliphatic carbocycles. The highest BCUT2D eigenvalue weighted by molar-refractivity contribution is 7.88. The number of ether oxygens (including phenoxy) is 1. The van der Waals surface area contributed by atoms with Gasteiger partial charge >= 0.3 is 22.3 Å². The maximum Gasteiger partial charge on any atom is 0.421 e. The summed E-state index contributed by atoms with van der Waals surface area (Å²) in [5.74, 6) is -1.16. The molecular weight excluding hydrogens is 252 g/mol. The first kappa shape index (κ1) is 15.7. The van der Waals surface area contributed by atoms with Crippen LogP contribution in [0.3, 0.4) is 0 Å². The molecule has 0 aliphatic rings. The third-order valence-corrected chi connectivity index (χ3v) is 2.74. The number of nitrogens with one attached hydrogen (secondary N) is 2. The van der Waals surface area contributed by atoms with Crippen LogP contribution in [-0.2, 0) is 19.7 Å². The number of carboxylic acids is 1. The summed E-state index contributed by atoms with van der Waals surface area (Å²) in [5, 5.41) is 8.76. The fourth-order valence-electron chi connectivity index (χ4n) is 0.657. The molecule has 0 heterocycles. The normalized spacial score (nSPS) is 11.9. The summed E-state index contributed by atoms with van der Waals surface area (Å²) in [5.41, 5.74) is -1.27. The second kappa shape index (κ2) is 5.82. The predicted molar refractivity (Wildman–Crippen MR) is 58.5 cm³/mol. The summed E-state index contributed by atoms with van der Waals surface area (Å²) in [6.45, 7) is 3.90. The molecule has 9 heteroatoms. The van der Waals surface area contributed by atoms with Crippen molar-refractivity contribution >= 4 is 22.3 Å². The van der Waals surface area contributed by atoms with Crippen molar-refractivity contribution in [2.75, 3.05) is 13.2 Å². The molecule has 17 heavy (non-hydrogen) atoms. The van der Waals surface area contributed by atoms with Gasteiger partial charge in [-0.25, -0.2) is 9.52 Å².